The summed E-state index contributed by atoms with van der Waals surface area (Å²) in [4.78, 5) is 15.9. The zero-order valence-corrected chi connectivity index (χ0v) is 9.53. The van der Waals surface area contributed by atoms with Gasteiger partial charge in [-0.2, -0.15) is 0 Å². The summed E-state index contributed by atoms with van der Waals surface area (Å²) in [5, 5.41) is 0. The molecule has 1 heterocycles. The number of amides is 1. The summed E-state index contributed by atoms with van der Waals surface area (Å²) < 4.78 is 1.78. The summed E-state index contributed by atoms with van der Waals surface area (Å²) in [5.74, 6) is 0.876. The predicted molar refractivity (Wildman–Crippen MR) is 63.8 cm³/mol. The Morgan fingerprint density at radius 3 is 2.81 bits per heavy atom. The topological polar surface area (TPSA) is 46.9 Å². The molecule has 0 unspecified atom stereocenters. The zero-order valence-electron chi connectivity index (χ0n) is 9.53. The van der Waals surface area contributed by atoms with Gasteiger partial charge in [-0.05, 0) is 12.1 Å². The van der Waals surface area contributed by atoms with Crippen molar-refractivity contribution >= 4 is 16.9 Å². The van der Waals surface area contributed by atoms with Crippen molar-refractivity contribution in [2.45, 2.75) is 26.7 Å². The molecule has 1 N–H and O–H groups in total. The third kappa shape index (κ3) is 1.78. The monoisotopic (exact) mass is 217 g/mol. The second-order valence-electron chi connectivity index (χ2n) is 3.59. The largest absolute Gasteiger partial charge is 0.273 e. The highest BCUT2D eigenvalue weighted by atomic mass is 16.2. The Morgan fingerprint density at radius 1 is 1.38 bits per heavy atom. The molecular formula is C12H15N3O. The molecule has 16 heavy (non-hydrogen) atoms. The number of aryl methyl sites for hydroxylation is 1. The highest BCUT2D eigenvalue weighted by Crippen LogP contribution is 2.14. The van der Waals surface area contributed by atoms with Gasteiger partial charge >= 0.3 is 0 Å². The minimum Gasteiger partial charge on any atom is -0.273 e. The molecule has 0 atom stereocenters. The van der Waals surface area contributed by atoms with Gasteiger partial charge in [0.1, 0.15) is 5.82 Å². The molecule has 1 aromatic carbocycles. The van der Waals surface area contributed by atoms with Crippen molar-refractivity contribution in [3.8, 4) is 0 Å². The van der Waals surface area contributed by atoms with E-state index in [0.717, 1.165) is 23.3 Å². The quantitative estimate of drug-likeness (QED) is 0.855. The van der Waals surface area contributed by atoms with Crippen LogP contribution in [-0.2, 0) is 11.2 Å². The second kappa shape index (κ2) is 4.35. The molecule has 4 nitrogen and oxygen atoms in total. The van der Waals surface area contributed by atoms with Crippen molar-refractivity contribution in [2.24, 2.45) is 0 Å². The van der Waals surface area contributed by atoms with Gasteiger partial charge in [-0.25, -0.2) is 9.66 Å². The van der Waals surface area contributed by atoms with Crippen molar-refractivity contribution in [1.29, 1.82) is 0 Å². The van der Waals surface area contributed by atoms with E-state index in [4.69, 9.17) is 0 Å². The van der Waals surface area contributed by atoms with Crippen molar-refractivity contribution in [3.05, 3.63) is 30.1 Å². The molecule has 0 aliphatic carbocycles. The van der Waals surface area contributed by atoms with Gasteiger partial charge in [0.2, 0.25) is 5.91 Å². The summed E-state index contributed by atoms with van der Waals surface area (Å²) in [6.45, 7) is 3.86. The van der Waals surface area contributed by atoms with E-state index in [9.17, 15) is 4.79 Å². The van der Waals surface area contributed by atoms with Crippen LogP contribution in [0.1, 0.15) is 26.1 Å². The molecule has 0 spiro atoms. The molecule has 2 rings (SSSR count). The molecule has 84 valence electrons. The van der Waals surface area contributed by atoms with E-state index in [1.54, 1.807) is 4.68 Å². The Bertz CT molecular complexity index is 516. The lowest BCUT2D eigenvalue weighted by atomic mass is 10.3. The van der Waals surface area contributed by atoms with Crippen molar-refractivity contribution < 1.29 is 4.79 Å². The summed E-state index contributed by atoms with van der Waals surface area (Å²) in [5.41, 5.74) is 4.71. The molecule has 0 bridgehead atoms. The SMILES string of the molecule is CCC(=O)Nn1c(CC)nc2ccccc21. The molecule has 0 saturated carbocycles. The maximum atomic E-state index is 11.4. The van der Waals surface area contributed by atoms with Crippen LogP contribution in [0.3, 0.4) is 0 Å². The number of imidazole rings is 1. The number of nitrogens with zero attached hydrogens (tertiary/aromatic N) is 2. The van der Waals surface area contributed by atoms with Crippen LogP contribution in [0.5, 0.6) is 0 Å². The van der Waals surface area contributed by atoms with E-state index >= 15 is 0 Å². The smallest absolute Gasteiger partial charge is 0.238 e. The van der Waals surface area contributed by atoms with Crippen LogP contribution in [0.2, 0.25) is 0 Å². The maximum Gasteiger partial charge on any atom is 0.238 e. The first-order valence-electron chi connectivity index (χ1n) is 5.52. The van der Waals surface area contributed by atoms with Gasteiger partial charge in [-0.1, -0.05) is 26.0 Å². The number of benzene rings is 1. The van der Waals surface area contributed by atoms with Crippen molar-refractivity contribution in [2.75, 3.05) is 5.43 Å². The van der Waals surface area contributed by atoms with Crippen LogP contribution in [0.25, 0.3) is 11.0 Å². The van der Waals surface area contributed by atoms with Crippen LogP contribution in [-0.4, -0.2) is 15.6 Å². The van der Waals surface area contributed by atoms with Crippen molar-refractivity contribution in [1.82, 2.24) is 9.66 Å². The Hall–Kier alpha value is -1.84. The Balaban J connectivity index is 2.51. The molecule has 0 aliphatic rings. The molecule has 0 aliphatic heterocycles. The number of para-hydroxylation sites is 2. The van der Waals surface area contributed by atoms with Crippen LogP contribution >= 0.6 is 0 Å². The lowest BCUT2D eigenvalue weighted by Crippen LogP contribution is -2.23. The van der Waals surface area contributed by atoms with E-state index in [-0.39, 0.29) is 5.91 Å². The summed E-state index contributed by atoms with van der Waals surface area (Å²) in [6, 6.07) is 7.79. The third-order valence-corrected chi connectivity index (χ3v) is 2.50. The van der Waals surface area contributed by atoms with Gasteiger partial charge in [0.05, 0.1) is 11.0 Å². The number of hydrogen-bond acceptors (Lipinski definition) is 2. The molecule has 2 aromatic rings. The molecule has 0 fully saturated rings. The highest BCUT2D eigenvalue weighted by molar-refractivity contribution is 5.86. The first-order chi connectivity index (χ1) is 7.76. The standard InChI is InChI=1S/C12H15N3O/c1-3-11-13-9-7-5-6-8-10(9)15(11)14-12(16)4-2/h5-8H,3-4H2,1-2H3,(H,14,16). The van der Waals surface area contributed by atoms with Crippen LogP contribution in [0, 0.1) is 0 Å². The fourth-order valence-corrected chi connectivity index (χ4v) is 1.64. The average molecular weight is 217 g/mol. The van der Waals surface area contributed by atoms with E-state index in [2.05, 4.69) is 10.4 Å². The van der Waals surface area contributed by atoms with E-state index < -0.39 is 0 Å². The van der Waals surface area contributed by atoms with Gasteiger partial charge in [-0.3, -0.25) is 10.2 Å². The van der Waals surface area contributed by atoms with Crippen LogP contribution in [0.4, 0.5) is 0 Å². The molecular weight excluding hydrogens is 202 g/mol. The normalized spacial score (nSPS) is 10.6. The molecule has 1 amide bonds. The Labute approximate surface area is 94.3 Å². The molecule has 1 aromatic heterocycles. The maximum absolute atomic E-state index is 11.4. The Morgan fingerprint density at radius 2 is 2.12 bits per heavy atom. The summed E-state index contributed by atoms with van der Waals surface area (Å²) in [7, 11) is 0. The second-order valence-corrected chi connectivity index (χ2v) is 3.59. The number of carbonyl (C=O) groups excluding carboxylic acids is 1. The number of hydrogen-bond donors (Lipinski definition) is 1. The fourth-order valence-electron chi connectivity index (χ4n) is 1.64. The summed E-state index contributed by atoms with van der Waals surface area (Å²) in [6.07, 6.45) is 1.26. The lowest BCUT2D eigenvalue weighted by molar-refractivity contribution is -0.116. The average Bonchev–Trinajstić information content (AvgIpc) is 2.67. The van der Waals surface area contributed by atoms with Gasteiger partial charge < -0.3 is 0 Å². The van der Waals surface area contributed by atoms with E-state index in [1.165, 1.54) is 0 Å². The number of carbonyl (C=O) groups is 1. The predicted octanol–water partition coefficient (Wildman–Crippen LogP) is 2.08. The van der Waals surface area contributed by atoms with Gasteiger partial charge in [0.15, 0.2) is 0 Å². The van der Waals surface area contributed by atoms with Gasteiger partial charge in [-0.15, -0.1) is 0 Å². The summed E-state index contributed by atoms with van der Waals surface area (Å²) >= 11 is 0. The number of fused-ring (bicyclic) bond motifs is 1. The zero-order chi connectivity index (χ0) is 11.5. The minimum atomic E-state index is -0.00199. The van der Waals surface area contributed by atoms with Crippen LogP contribution in [0.15, 0.2) is 24.3 Å². The van der Waals surface area contributed by atoms with E-state index in [1.807, 2.05) is 38.1 Å². The minimum absolute atomic E-state index is 0.00199. The number of nitrogens with one attached hydrogen (secondary N) is 1. The van der Waals surface area contributed by atoms with Gasteiger partial charge in [0.25, 0.3) is 0 Å². The van der Waals surface area contributed by atoms with E-state index in [0.29, 0.717) is 6.42 Å². The molecule has 0 saturated heterocycles. The third-order valence-electron chi connectivity index (χ3n) is 2.50. The Kier molecular flexibility index (Phi) is 2.90. The van der Waals surface area contributed by atoms with Gasteiger partial charge in [0, 0.05) is 12.8 Å². The highest BCUT2D eigenvalue weighted by Gasteiger charge is 2.09. The first-order valence-corrected chi connectivity index (χ1v) is 5.52. The van der Waals surface area contributed by atoms with Crippen molar-refractivity contribution in [3.63, 3.8) is 0 Å². The molecule has 0 radical (unpaired) electrons. The number of rotatable bonds is 3. The molecule has 4 heteroatoms. The van der Waals surface area contributed by atoms with Crippen LogP contribution < -0.4 is 5.43 Å². The fraction of sp³-hybridized carbons (Fsp3) is 0.333. The first kappa shape index (κ1) is 10.7. The lowest BCUT2D eigenvalue weighted by Gasteiger charge is -2.08. The number of aromatic nitrogens is 2.